The minimum atomic E-state index is -0.0320. The maximum atomic E-state index is 5.89. The van der Waals surface area contributed by atoms with E-state index in [4.69, 9.17) is 15.0 Å². The maximum absolute atomic E-state index is 5.89. The van der Waals surface area contributed by atoms with E-state index in [-0.39, 0.29) is 10.8 Å². The number of H-pyrrole nitrogens is 2. The molecule has 0 amide bonds. The van der Waals surface area contributed by atoms with Crippen LogP contribution in [-0.4, -0.2) is 24.9 Å². The molecule has 5 heterocycles. The number of hydrogen-bond acceptors (Lipinski definition) is 3. The molecule has 362 valence electrons. The van der Waals surface area contributed by atoms with E-state index in [0.29, 0.717) is 5.82 Å². The van der Waals surface area contributed by atoms with Crippen LogP contribution in [0.15, 0.2) is 200 Å². The van der Waals surface area contributed by atoms with Crippen LogP contribution in [0.3, 0.4) is 0 Å². The normalized spacial score (nSPS) is 12.6. The van der Waals surface area contributed by atoms with E-state index in [0.717, 1.165) is 138 Å². The monoisotopic (exact) mass is 975 g/mol. The lowest BCUT2D eigenvalue weighted by atomic mass is 9.85. The summed E-state index contributed by atoms with van der Waals surface area (Å²) < 4.78 is 0. The fourth-order valence-corrected chi connectivity index (χ4v) is 12.1. The summed E-state index contributed by atoms with van der Waals surface area (Å²) in [6.07, 6.45) is 0. The average molecular weight is 976 g/mol. The van der Waals surface area contributed by atoms with Crippen molar-refractivity contribution in [3.05, 3.63) is 211 Å². The summed E-state index contributed by atoms with van der Waals surface area (Å²) in [4.78, 5) is 25.6. The molecule has 15 rings (SSSR count). The van der Waals surface area contributed by atoms with E-state index < -0.39 is 0 Å². The number of benzene rings is 10. The molecule has 0 saturated carbocycles. The van der Waals surface area contributed by atoms with Gasteiger partial charge in [0.15, 0.2) is 5.82 Å². The second kappa shape index (κ2) is 16.2. The lowest BCUT2D eigenvalue weighted by Gasteiger charge is -2.19. The number of aromatic amines is 2. The predicted octanol–water partition coefficient (Wildman–Crippen LogP) is 19.2. The molecule has 0 fully saturated rings. The van der Waals surface area contributed by atoms with E-state index in [1.807, 2.05) is 0 Å². The quantitative estimate of drug-likeness (QED) is 0.181. The van der Waals surface area contributed by atoms with Crippen LogP contribution in [0.25, 0.3) is 154 Å². The highest BCUT2D eigenvalue weighted by Gasteiger charge is 2.28. The van der Waals surface area contributed by atoms with Crippen LogP contribution < -0.4 is 0 Å². The molecule has 2 aliphatic heterocycles. The van der Waals surface area contributed by atoms with Gasteiger partial charge in [-0.3, -0.25) is 0 Å². The summed E-state index contributed by atoms with van der Waals surface area (Å²) in [5, 5.41) is 13.5. The van der Waals surface area contributed by atoms with Crippen molar-refractivity contribution < 1.29 is 0 Å². The predicted molar refractivity (Wildman–Crippen MR) is 321 cm³/mol. The zero-order valence-electron chi connectivity index (χ0n) is 43.4. The summed E-state index contributed by atoms with van der Waals surface area (Å²) in [7, 11) is 0. The molecule has 2 N–H and O–H groups in total. The number of nitrogens with one attached hydrogen (secondary N) is 2. The average Bonchev–Trinajstić information content (AvgIpc) is 4.16. The largest absolute Gasteiger partial charge is 0.354 e. The lowest BCUT2D eigenvalue weighted by Crippen LogP contribution is -2.10. The highest BCUT2D eigenvalue weighted by Crippen LogP contribution is 2.49. The molecule has 0 radical (unpaired) electrons. The Morgan fingerprint density at radius 2 is 0.711 bits per heavy atom. The second-order valence-corrected chi connectivity index (χ2v) is 23.0. The molecule has 8 bridgehead atoms. The topological polar surface area (TPSA) is 70.2 Å². The van der Waals surface area contributed by atoms with Gasteiger partial charge in [0, 0.05) is 60.4 Å². The van der Waals surface area contributed by atoms with Gasteiger partial charge in [0.2, 0.25) is 0 Å². The van der Waals surface area contributed by atoms with Gasteiger partial charge in [-0.15, -0.1) is 0 Å². The molecule has 3 aromatic heterocycles. The van der Waals surface area contributed by atoms with Gasteiger partial charge in [-0.1, -0.05) is 187 Å². The van der Waals surface area contributed by atoms with E-state index in [9.17, 15) is 0 Å². The van der Waals surface area contributed by atoms with Crippen LogP contribution in [-0.2, 0) is 10.8 Å². The molecule has 0 saturated heterocycles. The Bertz CT molecular complexity index is 4500. The third-order valence-corrected chi connectivity index (χ3v) is 16.2. The molecule has 0 atom stereocenters. The molecule has 10 aromatic carbocycles. The van der Waals surface area contributed by atoms with Crippen molar-refractivity contribution in [2.24, 2.45) is 0 Å². The minimum Gasteiger partial charge on any atom is -0.354 e. The van der Waals surface area contributed by atoms with Crippen LogP contribution in [0.2, 0.25) is 0 Å². The van der Waals surface area contributed by atoms with Crippen LogP contribution in [0.1, 0.15) is 52.7 Å². The molecule has 2 aliphatic rings. The van der Waals surface area contributed by atoms with Gasteiger partial charge in [0.05, 0.1) is 28.1 Å². The minimum absolute atomic E-state index is 0.0320. The molecule has 0 unspecified atom stereocenters. The maximum Gasteiger partial charge on any atom is 0.162 e. The van der Waals surface area contributed by atoms with Crippen LogP contribution in [0, 0.1) is 0 Å². The first-order chi connectivity index (χ1) is 36.9. The van der Waals surface area contributed by atoms with E-state index in [1.54, 1.807) is 0 Å². The number of hydrogen-bond donors (Lipinski definition) is 2. The van der Waals surface area contributed by atoms with Gasteiger partial charge in [-0.25, -0.2) is 15.0 Å². The van der Waals surface area contributed by atoms with E-state index in [2.05, 4.69) is 252 Å². The standard InChI is InChI=1S/C71H53N5/c1-70(2,3)50-27-23-40(24-28-50)62-64-54-33-44-17-9-7-15-42(44)31-52(54)60(72-64)39-61-53-32-43-16-8-10-18-45(43)34-55(53)65(73-61)63(41-25-29-51(30-26-41)71(4,5)6)67-57-36-47-20-12-14-22-49(47)38-59(57)69(75-67)76-68-58-37-48-21-13-11-19-46(48)35-56(58)66(62)74-68/h7-39,72H,1-6H3,(H,74,75,76). The SMILES string of the molecule is CC(C)(C)c1ccc(-c2c3nc(nc4[nH]c(c(-c5ccc(C(C)(C)C)cc5)c5nc(cc6[nH]c2c2cc7ccccc7cc62)-c2cc6ccccc6cc2-5)c2cc5ccccc5cc42)-c2cc4ccccc4cc2-3)cc1. The molecule has 0 aliphatic carbocycles. The Morgan fingerprint density at radius 1 is 0.329 bits per heavy atom. The molecule has 0 spiro atoms. The van der Waals surface area contributed by atoms with Crippen molar-refractivity contribution in [2.45, 2.75) is 52.4 Å². The Labute approximate surface area is 440 Å². The number of fused-ring (bicyclic) bond motifs is 24. The summed E-state index contributed by atoms with van der Waals surface area (Å²) in [5.41, 5.74) is 17.2. The number of aromatic nitrogens is 5. The Hall–Kier alpha value is -9.19. The Balaban J connectivity index is 1.20. The van der Waals surface area contributed by atoms with Gasteiger partial charge >= 0.3 is 0 Å². The molecular weight excluding hydrogens is 923 g/mol. The highest BCUT2D eigenvalue weighted by molar-refractivity contribution is 6.20. The van der Waals surface area contributed by atoms with Gasteiger partial charge in [-0.2, -0.15) is 0 Å². The lowest BCUT2D eigenvalue weighted by molar-refractivity contribution is 0.590. The zero-order chi connectivity index (χ0) is 51.2. The summed E-state index contributed by atoms with van der Waals surface area (Å²) in [5.74, 6) is 0.657. The summed E-state index contributed by atoms with van der Waals surface area (Å²) >= 11 is 0. The van der Waals surface area contributed by atoms with Gasteiger partial charge in [0.25, 0.3) is 0 Å². The fourth-order valence-electron chi connectivity index (χ4n) is 12.1. The third kappa shape index (κ3) is 6.95. The molecule has 5 nitrogen and oxygen atoms in total. The van der Waals surface area contributed by atoms with Crippen molar-refractivity contribution in [2.75, 3.05) is 0 Å². The first-order valence-corrected chi connectivity index (χ1v) is 26.5. The van der Waals surface area contributed by atoms with Crippen molar-refractivity contribution in [3.8, 4) is 67.4 Å². The third-order valence-electron chi connectivity index (χ3n) is 16.2. The summed E-state index contributed by atoms with van der Waals surface area (Å²) in [6, 6.07) is 73.9. The van der Waals surface area contributed by atoms with Crippen molar-refractivity contribution in [1.29, 1.82) is 0 Å². The van der Waals surface area contributed by atoms with Gasteiger partial charge in [-0.05, 0) is 131 Å². The van der Waals surface area contributed by atoms with Gasteiger partial charge < -0.3 is 9.97 Å². The Kier molecular flexibility index (Phi) is 9.42. The van der Waals surface area contributed by atoms with E-state index >= 15 is 0 Å². The van der Waals surface area contributed by atoms with E-state index in [1.165, 1.54) is 21.9 Å². The van der Waals surface area contributed by atoms with Crippen LogP contribution in [0.5, 0.6) is 0 Å². The number of nitrogens with zero attached hydrogens (tertiary/aromatic N) is 3. The molecule has 5 heteroatoms. The second-order valence-electron chi connectivity index (χ2n) is 23.0. The van der Waals surface area contributed by atoms with Crippen LogP contribution >= 0.6 is 0 Å². The first-order valence-electron chi connectivity index (χ1n) is 26.5. The van der Waals surface area contributed by atoms with Gasteiger partial charge in [0.1, 0.15) is 5.65 Å². The van der Waals surface area contributed by atoms with Crippen LogP contribution in [0.4, 0.5) is 0 Å². The molecule has 13 aromatic rings. The smallest absolute Gasteiger partial charge is 0.162 e. The fraction of sp³-hybridized carbons (Fsp3) is 0.113. The summed E-state index contributed by atoms with van der Waals surface area (Å²) in [6.45, 7) is 13.6. The highest BCUT2D eigenvalue weighted by atomic mass is 15.0. The first kappa shape index (κ1) is 44.3. The van der Waals surface area contributed by atoms with Crippen molar-refractivity contribution in [1.82, 2.24) is 24.9 Å². The zero-order valence-corrected chi connectivity index (χ0v) is 43.4. The number of rotatable bonds is 2. The van der Waals surface area contributed by atoms with Crippen molar-refractivity contribution >= 4 is 86.8 Å². The molecule has 76 heavy (non-hydrogen) atoms. The van der Waals surface area contributed by atoms with Crippen molar-refractivity contribution in [3.63, 3.8) is 0 Å². The Morgan fingerprint density at radius 3 is 1.20 bits per heavy atom. The molecular formula is C71H53N5.